The summed E-state index contributed by atoms with van der Waals surface area (Å²) in [6.45, 7) is 7.88. The summed E-state index contributed by atoms with van der Waals surface area (Å²) < 4.78 is 5.13. The molecular weight excluding hydrogens is 240 g/mol. The molecule has 0 bridgehead atoms. The van der Waals surface area contributed by atoms with Crippen LogP contribution in [0.25, 0.3) is 0 Å². The molecule has 0 saturated heterocycles. The molecule has 1 aliphatic carbocycles. The van der Waals surface area contributed by atoms with Crippen molar-refractivity contribution in [3.05, 3.63) is 35.5 Å². The third-order valence-electron chi connectivity index (χ3n) is 3.46. The smallest absolute Gasteiger partial charge is 0.314 e. The van der Waals surface area contributed by atoms with Crippen LogP contribution in [0.3, 0.4) is 0 Å². The molecule has 0 aromatic carbocycles. The standard InChI is InChI=1S/C16H22O3/c1-5-8-12-9-11(4)14(10-17)15(13(12)6-2)16(18)19-7-3/h5-6,8-11,14-15H,7H2,1-4H3/b8-5-,13-6+/t11-,14+,15+/m0/s1. The minimum atomic E-state index is -0.492. The highest BCUT2D eigenvalue weighted by Gasteiger charge is 2.39. The quantitative estimate of drug-likeness (QED) is 0.577. The van der Waals surface area contributed by atoms with Crippen molar-refractivity contribution in [3.8, 4) is 0 Å². The number of hydrogen-bond donors (Lipinski definition) is 0. The van der Waals surface area contributed by atoms with Crippen LogP contribution in [0.1, 0.15) is 27.7 Å². The number of ether oxygens (including phenoxy) is 1. The van der Waals surface area contributed by atoms with Crippen LogP contribution in [0.4, 0.5) is 0 Å². The third kappa shape index (κ3) is 3.22. The van der Waals surface area contributed by atoms with E-state index in [-0.39, 0.29) is 17.8 Å². The fourth-order valence-corrected chi connectivity index (χ4v) is 2.58. The van der Waals surface area contributed by atoms with Crippen LogP contribution in [0, 0.1) is 17.8 Å². The van der Waals surface area contributed by atoms with Gasteiger partial charge >= 0.3 is 5.97 Å². The Morgan fingerprint density at radius 3 is 2.58 bits per heavy atom. The van der Waals surface area contributed by atoms with Gasteiger partial charge in [0, 0.05) is 5.92 Å². The molecule has 3 atom stereocenters. The van der Waals surface area contributed by atoms with E-state index >= 15 is 0 Å². The first kappa shape index (κ1) is 15.4. The molecule has 0 amide bonds. The molecular formula is C16H22O3. The van der Waals surface area contributed by atoms with Crippen molar-refractivity contribution in [2.24, 2.45) is 17.8 Å². The van der Waals surface area contributed by atoms with Crippen LogP contribution in [-0.4, -0.2) is 18.9 Å². The Morgan fingerprint density at radius 2 is 2.11 bits per heavy atom. The van der Waals surface area contributed by atoms with Crippen molar-refractivity contribution < 1.29 is 14.3 Å². The van der Waals surface area contributed by atoms with Gasteiger partial charge in [0.15, 0.2) is 0 Å². The Morgan fingerprint density at radius 1 is 1.42 bits per heavy atom. The zero-order valence-electron chi connectivity index (χ0n) is 12.1. The maximum absolute atomic E-state index is 12.2. The number of allylic oxidation sites excluding steroid dienone is 5. The van der Waals surface area contributed by atoms with E-state index < -0.39 is 5.92 Å². The largest absolute Gasteiger partial charge is 0.466 e. The second kappa shape index (κ2) is 7.07. The van der Waals surface area contributed by atoms with Crippen molar-refractivity contribution in [1.82, 2.24) is 0 Å². The van der Waals surface area contributed by atoms with Crippen molar-refractivity contribution in [3.63, 3.8) is 0 Å². The van der Waals surface area contributed by atoms with E-state index in [1.807, 2.05) is 45.1 Å². The van der Waals surface area contributed by atoms with Crippen LogP contribution in [0.2, 0.25) is 0 Å². The summed E-state index contributed by atoms with van der Waals surface area (Å²) >= 11 is 0. The highest BCUT2D eigenvalue weighted by molar-refractivity contribution is 5.83. The Labute approximate surface area is 115 Å². The number of rotatable bonds is 4. The predicted octanol–water partition coefficient (Wildman–Crippen LogP) is 3.08. The maximum atomic E-state index is 12.2. The average molecular weight is 262 g/mol. The molecule has 3 heteroatoms. The van der Waals surface area contributed by atoms with E-state index in [0.717, 1.165) is 17.4 Å². The first-order valence-corrected chi connectivity index (χ1v) is 6.73. The van der Waals surface area contributed by atoms with Gasteiger partial charge < -0.3 is 9.53 Å². The van der Waals surface area contributed by atoms with Crippen LogP contribution >= 0.6 is 0 Å². The molecule has 0 spiro atoms. The normalized spacial score (nSPS) is 29.4. The number of carbonyl (C=O) groups excluding carboxylic acids is 2. The van der Waals surface area contributed by atoms with Gasteiger partial charge in [-0.05, 0) is 37.8 Å². The van der Waals surface area contributed by atoms with Gasteiger partial charge in [-0.3, -0.25) is 4.79 Å². The Bertz CT molecular complexity index is 429. The summed E-state index contributed by atoms with van der Waals surface area (Å²) in [7, 11) is 0. The molecule has 19 heavy (non-hydrogen) atoms. The van der Waals surface area contributed by atoms with Crippen LogP contribution in [0.15, 0.2) is 35.5 Å². The van der Waals surface area contributed by atoms with Gasteiger partial charge in [-0.25, -0.2) is 0 Å². The van der Waals surface area contributed by atoms with Crippen molar-refractivity contribution in [2.45, 2.75) is 27.7 Å². The van der Waals surface area contributed by atoms with Gasteiger partial charge in [-0.1, -0.05) is 31.2 Å². The lowest BCUT2D eigenvalue weighted by atomic mass is 9.71. The predicted molar refractivity (Wildman–Crippen MR) is 75.5 cm³/mol. The summed E-state index contributed by atoms with van der Waals surface area (Å²) in [5.41, 5.74) is 1.89. The van der Waals surface area contributed by atoms with Crippen LogP contribution < -0.4 is 0 Å². The fourth-order valence-electron chi connectivity index (χ4n) is 2.58. The van der Waals surface area contributed by atoms with Crippen LogP contribution in [0.5, 0.6) is 0 Å². The van der Waals surface area contributed by atoms with Crippen molar-refractivity contribution in [2.75, 3.05) is 6.61 Å². The van der Waals surface area contributed by atoms with Gasteiger partial charge in [0.05, 0.1) is 12.5 Å². The molecule has 0 unspecified atom stereocenters. The monoisotopic (exact) mass is 262 g/mol. The molecule has 0 aromatic heterocycles. The minimum Gasteiger partial charge on any atom is -0.466 e. The van der Waals surface area contributed by atoms with E-state index in [0.29, 0.717) is 6.61 Å². The maximum Gasteiger partial charge on any atom is 0.314 e. The zero-order valence-corrected chi connectivity index (χ0v) is 12.1. The molecule has 0 radical (unpaired) electrons. The summed E-state index contributed by atoms with van der Waals surface area (Å²) in [5.74, 6) is -1.12. The highest BCUT2D eigenvalue weighted by Crippen LogP contribution is 2.38. The lowest BCUT2D eigenvalue weighted by molar-refractivity contribution is -0.150. The summed E-state index contributed by atoms with van der Waals surface area (Å²) in [6, 6.07) is 0. The number of aldehydes is 1. The van der Waals surface area contributed by atoms with Gasteiger partial charge in [0.2, 0.25) is 0 Å². The van der Waals surface area contributed by atoms with Gasteiger partial charge in [0.25, 0.3) is 0 Å². The molecule has 0 N–H and O–H groups in total. The zero-order chi connectivity index (χ0) is 14.4. The molecule has 0 aromatic rings. The average Bonchev–Trinajstić information content (AvgIpc) is 2.38. The molecule has 1 rings (SSSR count). The number of esters is 1. The first-order chi connectivity index (χ1) is 9.10. The van der Waals surface area contributed by atoms with E-state index in [1.54, 1.807) is 6.92 Å². The Hall–Kier alpha value is -1.64. The highest BCUT2D eigenvalue weighted by atomic mass is 16.5. The molecule has 3 nitrogen and oxygen atoms in total. The number of carbonyl (C=O) groups is 2. The van der Waals surface area contributed by atoms with Crippen molar-refractivity contribution in [1.29, 1.82) is 0 Å². The molecule has 0 fully saturated rings. The minimum absolute atomic E-state index is 0.0295. The first-order valence-electron chi connectivity index (χ1n) is 6.73. The molecule has 0 heterocycles. The molecule has 0 saturated carbocycles. The second-order valence-electron chi connectivity index (χ2n) is 4.67. The third-order valence-corrected chi connectivity index (χ3v) is 3.46. The second-order valence-corrected chi connectivity index (χ2v) is 4.67. The number of hydrogen-bond acceptors (Lipinski definition) is 3. The topological polar surface area (TPSA) is 43.4 Å². The van der Waals surface area contributed by atoms with Gasteiger partial charge in [-0.2, -0.15) is 0 Å². The Kier molecular flexibility index (Phi) is 5.74. The molecule has 104 valence electrons. The van der Waals surface area contributed by atoms with E-state index in [4.69, 9.17) is 4.74 Å². The summed E-state index contributed by atoms with van der Waals surface area (Å²) in [4.78, 5) is 23.5. The lowest BCUT2D eigenvalue weighted by Crippen LogP contribution is -2.35. The molecule has 0 aliphatic heterocycles. The SMILES string of the molecule is C/C=C\C1=C[C@H](C)[C@@H](C=O)[C@H](C(=O)OCC)/C1=C/C. The van der Waals surface area contributed by atoms with E-state index in [9.17, 15) is 9.59 Å². The van der Waals surface area contributed by atoms with Gasteiger partial charge in [-0.15, -0.1) is 0 Å². The van der Waals surface area contributed by atoms with Crippen molar-refractivity contribution >= 4 is 12.3 Å². The fraction of sp³-hybridized carbons (Fsp3) is 0.500. The summed E-state index contributed by atoms with van der Waals surface area (Å²) in [6.07, 6.45) is 8.73. The van der Waals surface area contributed by atoms with E-state index in [2.05, 4.69) is 0 Å². The summed E-state index contributed by atoms with van der Waals surface area (Å²) in [5, 5.41) is 0. The van der Waals surface area contributed by atoms with Crippen LogP contribution in [-0.2, 0) is 14.3 Å². The lowest BCUT2D eigenvalue weighted by Gasteiger charge is -2.32. The van der Waals surface area contributed by atoms with Gasteiger partial charge in [0.1, 0.15) is 6.29 Å². The Balaban J connectivity index is 3.26. The molecule has 1 aliphatic rings. The van der Waals surface area contributed by atoms with E-state index in [1.165, 1.54) is 0 Å².